The highest BCUT2D eigenvalue weighted by molar-refractivity contribution is 5.84. The molecule has 1 saturated carbocycles. The number of nitrogens with zero attached hydrogens (tertiary/aromatic N) is 3. The smallest absolute Gasteiger partial charge is 0.222 e. The van der Waals surface area contributed by atoms with E-state index in [1.807, 2.05) is 22.7 Å². The first-order chi connectivity index (χ1) is 17.5. The van der Waals surface area contributed by atoms with Gasteiger partial charge in [0.15, 0.2) is 0 Å². The Morgan fingerprint density at radius 1 is 1.22 bits per heavy atom. The van der Waals surface area contributed by atoms with Crippen LogP contribution in [0, 0.1) is 17.6 Å². The molecule has 0 saturated heterocycles. The predicted molar refractivity (Wildman–Crippen MR) is 133 cm³/mol. The Hall–Kier alpha value is -3.75. The van der Waals surface area contributed by atoms with Crippen LogP contribution >= 0.6 is 0 Å². The molecule has 0 atom stereocenters. The van der Waals surface area contributed by atoms with Crippen LogP contribution < -0.4 is 11.1 Å². The lowest BCUT2D eigenvalue weighted by Gasteiger charge is -2.26. The van der Waals surface area contributed by atoms with Crippen LogP contribution in [0.4, 0.5) is 14.6 Å². The Balaban J connectivity index is 1.42. The Labute approximate surface area is 208 Å². The SMILES string of the molecule is CNC(=O)C1CCC(c2nc(C3=CC(OCc4c(F)cccc4F)=CCC3)c3c(N)nccn23)CC1. The normalized spacial score (nSPS) is 20.1. The van der Waals surface area contributed by atoms with E-state index in [2.05, 4.69) is 10.3 Å². The van der Waals surface area contributed by atoms with Crippen LogP contribution in [0.25, 0.3) is 11.1 Å². The molecule has 2 heterocycles. The molecule has 9 heteroatoms. The number of allylic oxidation sites excluding steroid dienone is 3. The first kappa shape index (κ1) is 24.0. The standard InChI is InChI=1S/C27H29F2N5O2/c1-31-27(35)17-10-8-16(9-11-17)26-33-23(24-25(30)32-12-13-34(24)26)18-4-2-5-19(14-18)36-15-20-21(28)6-3-7-22(20)29/h3,5-7,12-14,16-17H,2,4,8-11,15H2,1H3,(H2,30,32)(H,31,35). The van der Waals surface area contributed by atoms with Crippen molar-refractivity contribution in [1.29, 1.82) is 0 Å². The molecule has 0 unspecified atom stereocenters. The number of amides is 1. The number of carbonyl (C=O) groups excluding carboxylic acids is 1. The van der Waals surface area contributed by atoms with Gasteiger partial charge < -0.3 is 15.8 Å². The number of imidazole rings is 1. The van der Waals surface area contributed by atoms with Gasteiger partial charge in [0.25, 0.3) is 0 Å². The Morgan fingerprint density at radius 2 is 1.97 bits per heavy atom. The van der Waals surface area contributed by atoms with Gasteiger partial charge in [-0.15, -0.1) is 0 Å². The lowest BCUT2D eigenvalue weighted by molar-refractivity contribution is -0.125. The summed E-state index contributed by atoms with van der Waals surface area (Å²) in [7, 11) is 1.68. The summed E-state index contributed by atoms with van der Waals surface area (Å²) in [6, 6.07) is 3.76. The number of anilines is 1. The van der Waals surface area contributed by atoms with Crippen LogP contribution in [0.1, 0.15) is 61.5 Å². The van der Waals surface area contributed by atoms with Crippen molar-refractivity contribution in [3.63, 3.8) is 0 Å². The number of aromatic nitrogens is 3. The zero-order chi connectivity index (χ0) is 25.2. The molecule has 0 aliphatic heterocycles. The molecule has 5 rings (SSSR count). The fourth-order valence-corrected chi connectivity index (χ4v) is 5.20. The first-order valence-electron chi connectivity index (χ1n) is 12.3. The minimum absolute atomic E-state index is 0.0360. The third-order valence-corrected chi connectivity index (χ3v) is 7.14. The molecule has 36 heavy (non-hydrogen) atoms. The zero-order valence-corrected chi connectivity index (χ0v) is 20.1. The van der Waals surface area contributed by atoms with Crippen LogP contribution in [0.3, 0.4) is 0 Å². The van der Waals surface area contributed by atoms with Crippen molar-refractivity contribution in [3.05, 3.63) is 77.2 Å². The fourth-order valence-electron chi connectivity index (χ4n) is 5.20. The van der Waals surface area contributed by atoms with Crippen LogP contribution in [0.2, 0.25) is 0 Å². The molecule has 1 aromatic carbocycles. The highest BCUT2D eigenvalue weighted by atomic mass is 19.1. The number of halogens is 2. The highest BCUT2D eigenvalue weighted by Gasteiger charge is 2.30. The summed E-state index contributed by atoms with van der Waals surface area (Å²) in [6.07, 6.45) is 12.1. The molecule has 0 radical (unpaired) electrons. The summed E-state index contributed by atoms with van der Waals surface area (Å²) < 4.78 is 35.8. The highest BCUT2D eigenvalue weighted by Crippen LogP contribution is 2.39. The van der Waals surface area contributed by atoms with Crippen LogP contribution in [0.5, 0.6) is 0 Å². The first-order valence-corrected chi connectivity index (χ1v) is 12.3. The van der Waals surface area contributed by atoms with E-state index in [1.165, 1.54) is 18.2 Å². The molecule has 1 amide bonds. The number of nitrogens with one attached hydrogen (secondary N) is 1. The minimum Gasteiger partial charge on any atom is -0.489 e. The van der Waals surface area contributed by atoms with Gasteiger partial charge in [-0.05, 0) is 68.4 Å². The van der Waals surface area contributed by atoms with Crippen molar-refractivity contribution < 1.29 is 18.3 Å². The lowest BCUT2D eigenvalue weighted by atomic mass is 9.81. The maximum Gasteiger partial charge on any atom is 0.222 e. The van der Waals surface area contributed by atoms with Crippen molar-refractivity contribution in [2.45, 2.75) is 51.0 Å². The van der Waals surface area contributed by atoms with Crippen LogP contribution in [-0.2, 0) is 16.1 Å². The Kier molecular flexibility index (Phi) is 6.71. The van der Waals surface area contributed by atoms with E-state index in [0.29, 0.717) is 18.0 Å². The molecule has 2 aliphatic carbocycles. The van der Waals surface area contributed by atoms with E-state index in [9.17, 15) is 13.6 Å². The number of ether oxygens (including phenoxy) is 1. The number of rotatable bonds is 6. The summed E-state index contributed by atoms with van der Waals surface area (Å²) >= 11 is 0. The second-order valence-electron chi connectivity index (χ2n) is 9.32. The van der Waals surface area contributed by atoms with E-state index in [0.717, 1.165) is 54.7 Å². The van der Waals surface area contributed by atoms with Crippen LogP contribution in [0.15, 0.2) is 48.5 Å². The third-order valence-electron chi connectivity index (χ3n) is 7.14. The van der Waals surface area contributed by atoms with Gasteiger partial charge in [-0.2, -0.15) is 0 Å². The van der Waals surface area contributed by atoms with Crippen LogP contribution in [-0.4, -0.2) is 27.3 Å². The van der Waals surface area contributed by atoms with Crippen molar-refractivity contribution in [2.75, 3.05) is 12.8 Å². The molecule has 2 aliphatic rings. The number of hydrogen-bond donors (Lipinski definition) is 2. The molecular weight excluding hydrogens is 464 g/mol. The summed E-state index contributed by atoms with van der Waals surface area (Å²) in [5.41, 5.74) is 8.63. The van der Waals surface area contributed by atoms with E-state index in [-0.39, 0.29) is 29.9 Å². The van der Waals surface area contributed by atoms with E-state index in [4.69, 9.17) is 15.5 Å². The summed E-state index contributed by atoms with van der Waals surface area (Å²) in [4.78, 5) is 21.4. The van der Waals surface area contributed by atoms with Gasteiger partial charge >= 0.3 is 0 Å². The Bertz CT molecular complexity index is 1340. The number of nitrogen functional groups attached to an aromatic ring is 1. The van der Waals surface area contributed by atoms with E-state index >= 15 is 0 Å². The van der Waals surface area contributed by atoms with Gasteiger partial charge in [0.05, 0.1) is 11.3 Å². The van der Waals surface area contributed by atoms with Gasteiger partial charge in [0.2, 0.25) is 5.91 Å². The number of fused-ring (bicyclic) bond motifs is 1. The van der Waals surface area contributed by atoms with Gasteiger partial charge in [0, 0.05) is 31.3 Å². The number of hydrogen-bond acceptors (Lipinski definition) is 5. The maximum atomic E-state index is 14.0. The van der Waals surface area contributed by atoms with Gasteiger partial charge in [-0.3, -0.25) is 9.20 Å². The van der Waals surface area contributed by atoms with E-state index in [1.54, 1.807) is 13.2 Å². The van der Waals surface area contributed by atoms with Crippen molar-refractivity contribution in [3.8, 4) is 0 Å². The van der Waals surface area contributed by atoms with Gasteiger partial charge in [0.1, 0.15) is 41.2 Å². The predicted octanol–water partition coefficient (Wildman–Crippen LogP) is 4.89. The average Bonchev–Trinajstić information content (AvgIpc) is 3.29. The van der Waals surface area contributed by atoms with Crippen molar-refractivity contribution in [2.24, 2.45) is 5.92 Å². The zero-order valence-electron chi connectivity index (χ0n) is 20.1. The van der Waals surface area contributed by atoms with Gasteiger partial charge in [-0.1, -0.05) is 6.07 Å². The molecule has 0 bridgehead atoms. The molecule has 0 spiro atoms. The number of benzene rings is 1. The monoisotopic (exact) mass is 493 g/mol. The second-order valence-corrected chi connectivity index (χ2v) is 9.32. The molecule has 3 N–H and O–H groups in total. The minimum atomic E-state index is -0.634. The Morgan fingerprint density at radius 3 is 2.69 bits per heavy atom. The summed E-state index contributed by atoms with van der Waals surface area (Å²) in [6.45, 7) is -0.207. The molecule has 188 valence electrons. The van der Waals surface area contributed by atoms with Crippen molar-refractivity contribution >= 4 is 22.8 Å². The third kappa shape index (κ3) is 4.57. The van der Waals surface area contributed by atoms with Gasteiger partial charge in [-0.25, -0.2) is 18.7 Å². The second kappa shape index (κ2) is 10.1. The topological polar surface area (TPSA) is 94.5 Å². The number of nitrogens with two attached hydrogens (primary N) is 1. The quantitative estimate of drug-likeness (QED) is 0.510. The summed E-state index contributed by atoms with van der Waals surface area (Å²) in [5, 5.41) is 2.75. The fraction of sp³-hybridized carbons (Fsp3) is 0.370. The number of carbonyl (C=O) groups is 1. The molecule has 2 aromatic heterocycles. The lowest BCUT2D eigenvalue weighted by Crippen LogP contribution is -2.30. The largest absolute Gasteiger partial charge is 0.489 e. The molecule has 3 aromatic rings. The summed E-state index contributed by atoms with van der Waals surface area (Å²) in [5.74, 6) is 0.901. The van der Waals surface area contributed by atoms with Crippen molar-refractivity contribution in [1.82, 2.24) is 19.7 Å². The average molecular weight is 494 g/mol. The molecule has 7 nitrogen and oxygen atoms in total. The molecular formula is C27H29F2N5O2. The molecule has 1 fully saturated rings. The maximum absolute atomic E-state index is 14.0. The van der Waals surface area contributed by atoms with E-state index < -0.39 is 11.6 Å².